The number of benzene rings is 1. The highest BCUT2D eigenvalue weighted by atomic mass is 35.5. The molecule has 0 aliphatic carbocycles. The number of aromatic nitrogens is 3. The van der Waals surface area contributed by atoms with E-state index < -0.39 is 5.97 Å². The number of rotatable bonds is 6. The van der Waals surface area contributed by atoms with E-state index in [1.54, 1.807) is 10.7 Å². The van der Waals surface area contributed by atoms with E-state index in [0.717, 1.165) is 12.1 Å². The van der Waals surface area contributed by atoms with Crippen molar-refractivity contribution in [2.24, 2.45) is 0 Å². The zero-order chi connectivity index (χ0) is 16.1. The van der Waals surface area contributed by atoms with E-state index in [4.69, 9.17) is 23.2 Å². The lowest BCUT2D eigenvalue weighted by Gasteiger charge is -2.20. The van der Waals surface area contributed by atoms with Crippen LogP contribution in [0.15, 0.2) is 24.5 Å². The minimum atomic E-state index is -0.550. The fraction of sp³-hybridized carbons (Fsp3) is 0.357. The van der Waals surface area contributed by atoms with Crippen LogP contribution in [-0.4, -0.2) is 39.3 Å². The van der Waals surface area contributed by atoms with Crippen molar-refractivity contribution in [3.8, 4) is 0 Å². The summed E-state index contributed by atoms with van der Waals surface area (Å²) in [5.74, 6) is -0.501. The molecule has 0 unspecified atom stereocenters. The highest BCUT2D eigenvalue weighted by molar-refractivity contribution is 6.42. The first kappa shape index (κ1) is 16.7. The molecule has 0 spiro atoms. The van der Waals surface area contributed by atoms with Gasteiger partial charge in [0.2, 0.25) is 0 Å². The van der Waals surface area contributed by atoms with E-state index in [1.807, 2.05) is 19.1 Å². The van der Waals surface area contributed by atoms with Crippen molar-refractivity contribution in [2.75, 3.05) is 13.7 Å². The molecule has 22 heavy (non-hydrogen) atoms. The number of halogens is 2. The molecule has 8 heteroatoms. The maximum Gasteiger partial charge on any atom is 0.377 e. The zero-order valence-corrected chi connectivity index (χ0v) is 13.8. The molecule has 0 fully saturated rings. The van der Waals surface area contributed by atoms with Crippen LogP contribution in [0.5, 0.6) is 0 Å². The standard InChI is InChI=1S/C14H16Cl2N4O2/c1-3-19(7-10-4-5-11(15)12(16)6-10)9-20-8-17-13(18-20)14(21)22-2/h4-6,8H,3,7,9H2,1-2H3. The van der Waals surface area contributed by atoms with Crippen molar-refractivity contribution in [3.05, 3.63) is 46.0 Å². The first-order valence-corrected chi connectivity index (χ1v) is 7.43. The SMILES string of the molecule is CCN(Cc1ccc(Cl)c(Cl)c1)Cn1cnc(C(=O)OC)n1. The first-order chi connectivity index (χ1) is 10.5. The number of esters is 1. The van der Waals surface area contributed by atoms with Gasteiger partial charge in [0, 0.05) is 6.54 Å². The summed E-state index contributed by atoms with van der Waals surface area (Å²) in [5, 5.41) is 5.15. The van der Waals surface area contributed by atoms with Crippen LogP contribution in [0.3, 0.4) is 0 Å². The molecule has 0 saturated heterocycles. The summed E-state index contributed by atoms with van der Waals surface area (Å²) in [5.41, 5.74) is 1.05. The number of methoxy groups -OCH3 is 1. The molecule has 0 bridgehead atoms. The van der Waals surface area contributed by atoms with Gasteiger partial charge in [0.25, 0.3) is 5.82 Å². The van der Waals surface area contributed by atoms with E-state index in [0.29, 0.717) is 23.3 Å². The van der Waals surface area contributed by atoms with E-state index >= 15 is 0 Å². The number of ether oxygens (including phenoxy) is 1. The molecule has 2 aromatic rings. The van der Waals surface area contributed by atoms with Gasteiger partial charge in [0.05, 0.1) is 23.8 Å². The van der Waals surface area contributed by atoms with Crippen molar-refractivity contribution < 1.29 is 9.53 Å². The monoisotopic (exact) mass is 342 g/mol. The lowest BCUT2D eigenvalue weighted by Crippen LogP contribution is -2.26. The lowest BCUT2D eigenvalue weighted by molar-refractivity contribution is 0.0585. The predicted molar refractivity (Wildman–Crippen MR) is 83.9 cm³/mol. The molecule has 0 amide bonds. The Balaban J connectivity index is 2.04. The normalized spacial score (nSPS) is 11.0. The van der Waals surface area contributed by atoms with Crippen LogP contribution < -0.4 is 0 Å². The van der Waals surface area contributed by atoms with Crippen LogP contribution >= 0.6 is 23.2 Å². The zero-order valence-electron chi connectivity index (χ0n) is 12.3. The third kappa shape index (κ3) is 4.19. The van der Waals surface area contributed by atoms with Crippen molar-refractivity contribution in [3.63, 3.8) is 0 Å². The second-order valence-electron chi connectivity index (χ2n) is 4.63. The Bertz CT molecular complexity index is 660. The van der Waals surface area contributed by atoms with Gasteiger partial charge >= 0.3 is 5.97 Å². The van der Waals surface area contributed by atoms with E-state index in [9.17, 15) is 4.79 Å². The summed E-state index contributed by atoms with van der Waals surface area (Å²) in [6.45, 7) is 4.02. The van der Waals surface area contributed by atoms with Gasteiger partial charge in [-0.05, 0) is 24.2 Å². The van der Waals surface area contributed by atoms with Crippen molar-refractivity contribution in [1.29, 1.82) is 0 Å². The van der Waals surface area contributed by atoms with Crippen LogP contribution in [0.2, 0.25) is 10.0 Å². The summed E-state index contributed by atoms with van der Waals surface area (Å²) in [4.78, 5) is 17.4. The third-order valence-corrected chi connectivity index (χ3v) is 3.83. The Hall–Kier alpha value is -1.63. The second-order valence-corrected chi connectivity index (χ2v) is 5.45. The number of hydrogen-bond donors (Lipinski definition) is 0. The minimum absolute atomic E-state index is 0.0492. The average Bonchev–Trinajstić information content (AvgIpc) is 2.98. The Morgan fingerprint density at radius 2 is 2.14 bits per heavy atom. The van der Waals surface area contributed by atoms with E-state index in [1.165, 1.54) is 13.4 Å². The molecule has 2 rings (SSSR count). The highest BCUT2D eigenvalue weighted by Crippen LogP contribution is 2.23. The Kier molecular flexibility index (Phi) is 5.76. The Labute approximate surface area is 138 Å². The number of nitrogens with zero attached hydrogens (tertiary/aromatic N) is 4. The van der Waals surface area contributed by atoms with Crippen LogP contribution in [-0.2, 0) is 18.0 Å². The van der Waals surface area contributed by atoms with Gasteiger partial charge in [-0.15, -0.1) is 5.10 Å². The molecule has 0 saturated carbocycles. The molecule has 0 N–H and O–H groups in total. The van der Waals surface area contributed by atoms with Crippen molar-refractivity contribution >= 4 is 29.2 Å². The second kappa shape index (κ2) is 7.58. The molecule has 0 aliphatic rings. The summed E-state index contributed by atoms with van der Waals surface area (Å²) in [7, 11) is 1.30. The van der Waals surface area contributed by atoms with Crippen LogP contribution in [0, 0.1) is 0 Å². The molecule has 0 atom stereocenters. The summed E-state index contributed by atoms with van der Waals surface area (Å²) in [6.07, 6.45) is 1.50. The van der Waals surface area contributed by atoms with Gasteiger partial charge < -0.3 is 4.74 Å². The molecular weight excluding hydrogens is 327 g/mol. The summed E-state index contributed by atoms with van der Waals surface area (Å²) >= 11 is 11.9. The smallest absolute Gasteiger partial charge is 0.377 e. The molecule has 1 aromatic carbocycles. The highest BCUT2D eigenvalue weighted by Gasteiger charge is 2.13. The number of carbonyl (C=O) groups is 1. The van der Waals surface area contributed by atoms with Crippen LogP contribution in [0.4, 0.5) is 0 Å². The lowest BCUT2D eigenvalue weighted by atomic mass is 10.2. The maximum absolute atomic E-state index is 11.3. The number of hydrogen-bond acceptors (Lipinski definition) is 5. The Morgan fingerprint density at radius 3 is 2.77 bits per heavy atom. The van der Waals surface area contributed by atoms with Gasteiger partial charge in [0.1, 0.15) is 6.33 Å². The van der Waals surface area contributed by atoms with E-state index in [-0.39, 0.29) is 5.82 Å². The average molecular weight is 343 g/mol. The Morgan fingerprint density at radius 1 is 1.36 bits per heavy atom. The molecule has 0 radical (unpaired) electrons. The largest absolute Gasteiger partial charge is 0.463 e. The summed E-state index contributed by atoms with van der Waals surface area (Å²) < 4.78 is 6.17. The van der Waals surface area contributed by atoms with Gasteiger partial charge in [-0.3, -0.25) is 4.90 Å². The van der Waals surface area contributed by atoms with Gasteiger partial charge in [0.15, 0.2) is 0 Å². The predicted octanol–water partition coefficient (Wildman–Crippen LogP) is 2.85. The van der Waals surface area contributed by atoms with Crippen LogP contribution in [0.25, 0.3) is 0 Å². The summed E-state index contributed by atoms with van der Waals surface area (Å²) in [6, 6.07) is 5.55. The maximum atomic E-state index is 11.3. The molecule has 0 aliphatic heterocycles. The van der Waals surface area contributed by atoms with Crippen molar-refractivity contribution in [1.82, 2.24) is 19.7 Å². The molecular formula is C14H16Cl2N4O2. The topological polar surface area (TPSA) is 60.2 Å². The quantitative estimate of drug-likeness (QED) is 0.755. The fourth-order valence-corrected chi connectivity index (χ4v) is 2.23. The molecule has 118 valence electrons. The number of carbonyl (C=O) groups excluding carboxylic acids is 1. The minimum Gasteiger partial charge on any atom is -0.463 e. The molecule has 1 heterocycles. The molecule has 6 nitrogen and oxygen atoms in total. The van der Waals surface area contributed by atoms with Gasteiger partial charge in [-0.1, -0.05) is 36.2 Å². The van der Waals surface area contributed by atoms with Gasteiger partial charge in [-0.2, -0.15) is 0 Å². The fourth-order valence-electron chi connectivity index (χ4n) is 1.91. The first-order valence-electron chi connectivity index (χ1n) is 6.67. The third-order valence-electron chi connectivity index (χ3n) is 3.09. The van der Waals surface area contributed by atoms with Gasteiger partial charge in [-0.25, -0.2) is 14.5 Å². The van der Waals surface area contributed by atoms with Crippen LogP contribution in [0.1, 0.15) is 23.1 Å². The van der Waals surface area contributed by atoms with Crippen molar-refractivity contribution in [2.45, 2.75) is 20.1 Å². The molecule has 1 aromatic heterocycles. The van der Waals surface area contributed by atoms with E-state index in [2.05, 4.69) is 19.7 Å².